The fraction of sp³-hybridized carbons (Fsp3) is 0.417. The highest BCUT2D eigenvalue weighted by molar-refractivity contribution is 5.96. The van der Waals surface area contributed by atoms with E-state index >= 15 is 0 Å². The normalized spacial score (nSPS) is 20.5. The molecule has 2 aromatic carbocycles. The predicted molar refractivity (Wildman–Crippen MR) is 115 cm³/mol. The first-order chi connectivity index (χ1) is 14.6. The monoisotopic (exact) mass is 408 g/mol. The minimum atomic E-state index is -0.170. The molecule has 1 fully saturated rings. The summed E-state index contributed by atoms with van der Waals surface area (Å²) in [7, 11) is 3.28. The van der Waals surface area contributed by atoms with Crippen LogP contribution in [0.2, 0.25) is 0 Å². The van der Waals surface area contributed by atoms with Gasteiger partial charge in [-0.25, -0.2) is 0 Å². The first kappa shape index (κ1) is 20.3. The first-order valence-electron chi connectivity index (χ1n) is 10.5. The van der Waals surface area contributed by atoms with E-state index in [1.54, 1.807) is 14.2 Å². The molecule has 2 aromatic rings. The zero-order valence-corrected chi connectivity index (χ0v) is 17.5. The van der Waals surface area contributed by atoms with Gasteiger partial charge in [0.2, 0.25) is 11.8 Å². The molecule has 0 aromatic heterocycles. The Kier molecular flexibility index (Phi) is 5.93. The summed E-state index contributed by atoms with van der Waals surface area (Å²) < 4.78 is 10.9. The van der Waals surface area contributed by atoms with E-state index in [9.17, 15) is 9.59 Å². The van der Waals surface area contributed by atoms with Gasteiger partial charge in [0.1, 0.15) is 11.5 Å². The van der Waals surface area contributed by atoms with Crippen LogP contribution in [0.1, 0.15) is 42.9 Å². The van der Waals surface area contributed by atoms with Crippen LogP contribution in [0.3, 0.4) is 0 Å². The van der Waals surface area contributed by atoms with Gasteiger partial charge >= 0.3 is 0 Å². The molecule has 0 saturated carbocycles. The second-order valence-electron chi connectivity index (χ2n) is 7.94. The van der Waals surface area contributed by atoms with Crippen molar-refractivity contribution in [3.05, 3.63) is 53.6 Å². The van der Waals surface area contributed by atoms with Gasteiger partial charge in [-0.1, -0.05) is 18.2 Å². The Balaban J connectivity index is 1.44. The maximum Gasteiger partial charge on any atom is 0.227 e. The van der Waals surface area contributed by atoms with Gasteiger partial charge in [-0.15, -0.1) is 0 Å². The van der Waals surface area contributed by atoms with Crippen LogP contribution in [0, 0.1) is 5.92 Å². The summed E-state index contributed by atoms with van der Waals surface area (Å²) in [6.45, 7) is 0.726. The van der Waals surface area contributed by atoms with E-state index in [2.05, 4.69) is 5.32 Å². The lowest BCUT2D eigenvalue weighted by Crippen LogP contribution is -2.34. The van der Waals surface area contributed by atoms with Crippen molar-refractivity contribution in [3.8, 4) is 11.5 Å². The molecule has 2 aliphatic heterocycles. The molecule has 2 amide bonds. The molecule has 1 N–H and O–H groups in total. The zero-order chi connectivity index (χ0) is 21.1. The largest absolute Gasteiger partial charge is 0.497 e. The Morgan fingerprint density at radius 3 is 2.80 bits per heavy atom. The van der Waals surface area contributed by atoms with Gasteiger partial charge in [0.15, 0.2) is 0 Å². The van der Waals surface area contributed by atoms with Crippen molar-refractivity contribution in [2.45, 2.75) is 38.1 Å². The van der Waals surface area contributed by atoms with Crippen LogP contribution in [-0.4, -0.2) is 37.5 Å². The van der Waals surface area contributed by atoms with Crippen LogP contribution in [0.25, 0.3) is 0 Å². The van der Waals surface area contributed by atoms with Crippen molar-refractivity contribution in [2.75, 3.05) is 26.1 Å². The van der Waals surface area contributed by atoms with E-state index in [0.29, 0.717) is 19.3 Å². The molecule has 30 heavy (non-hydrogen) atoms. The lowest BCUT2D eigenvalue weighted by molar-refractivity contribution is -0.132. The summed E-state index contributed by atoms with van der Waals surface area (Å²) >= 11 is 0. The summed E-state index contributed by atoms with van der Waals surface area (Å²) in [6.07, 6.45) is 3.45. The Labute approximate surface area is 177 Å². The third kappa shape index (κ3) is 3.99. The highest BCUT2D eigenvalue weighted by atomic mass is 16.5. The van der Waals surface area contributed by atoms with Crippen LogP contribution in [0.5, 0.6) is 11.5 Å². The van der Waals surface area contributed by atoms with Crippen LogP contribution in [0.15, 0.2) is 42.5 Å². The van der Waals surface area contributed by atoms with Gasteiger partial charge in [-0.3, -0.25) is 9.59 Å². The Morgan fingerprint density at radius 1 is 1.17 bits per heavy atom. The number of ether oxygens (including phenoxy) is 2. The number of carbonyl (C=O) groups is 2. The molecule has 1 saturated heterocycles. The van der Waals surface area contributed by atoms with E-state index in [4.69, 9.17) is 9.47 Å². The number of nitrogens with one attached hydrogen (secondary N) is 1. The number of anilines is 1. The first-order valence-corrected chi connectivity index (χ1v) is 10.5. The van der Waals surface area contributed by atoms with Crippen molar-refractivity contribution in [1.82, 2.24) is 4.90 Å². The maximum atomic E-state index is 13.1. The van der Waals surface area contributed by atoms with E-state index < -0.39 is 0 Å². The highest BCUT2D eigenvalue weighted by Gasteiger charge is 2.33. The second kappa shape index (κ2) is 8.78. The van der Waals surface area contributed by atoms with Crippen LogP contribution in [-0.2, 0) is 16.0 Å². The summed E-state index contributed by atoms with van der Waals surface area (Å²) in [5.74, 6) is 1.45. The number of para-hydroxylation sites is 1. The number of likely N-dealkylation sites (tertiary alicyclic amines) is 1. The number of amides is 2. The number of hydrogen-bond acceptors (Lipinski definition) is 4. The van der Waals surface area contributed by atoms with Crippen molar-refractivity contribution < 1.29 is 19.1 Å². The SMILES string of the molecule is COc1ccc(OC)c(C2CCCN2C(=O)CCC2Cc3ccccc3NC2=O)c1. The quantitative estimate of drug-likeness (QED) is 0.786. The van der Waals surface area contributed by atoms with Gasteiger partial charge < -0.3 is 19.7 Å². The van der Waals surface area contributed by atoms with Crippen LogP contribution >= 0.6 is 0 Å². The van der Waals surface area contributed by atoms with Gasteiger partial charge in [0, 0.05) is 30.1 Å². The smallest absolute Gasteiger partial charge is 0.227 e. The summed E-state index contributed by atoms with van der Waals surface area (Å²) in [4.78, 5) is 27.5. The number of hydrogen-bond donors (Lipinski definition) is 1. The third-order valence-electron chi connectivity index (χ3n) is 6.19. The van der Waals surface area contributed by atoms with E-state index in [0.717, 1.165) is 47.7 Å². The zero-order valence-electron chi connectivity index (χ0n) is 17.5. The van der Waals surface area contributed by atoms with Gasteiger partial charge in [0.25, 0.3) is 0 Å². The minimum Gasteiger partial charge on any atom is -0.497 e. The highest BCUT2D eigenvalue weighted by Crippen LogP contribution is 2.39. The fourth-order valence-corrected chi connectivity index (χ4v) is 4.58. The Hall–Kier alpha value is -3.02. The predicted octanol–water partition coefficient (Wildman–Crippen LogP) is 3.96. The molecular formula is C24H28N2O4. The Bertz CT molecular complexity index is 943. The molecule has 4 rings (SSSR count). The number of carbonyl (C=O) groups excluding carboxylic acids is 2. The Morgan fingerprint density at radius 2 is 2.00 bits per heavy atom. The number of benzene rings is 2. The molecule has 2 aliphatic rings. The molecule has 2 unspecified atom stereocenters. The van der Waals surface area contributed by atoms with Crippen LogP contribution < -0.4 is 14.8 Å². The standard InChI is InChI=1S/C24H28N2O4/c1-29-18-10-11-22(30-2)19(15-18)21-8-5-13-26(21)23(27)12-9-17-14-16-6-3-4-7-20(16)25-24(17)28/h3-4,6-7,10-11,15,17,21H,5,8-9,12-14H2,1-2H3,(H,25,28). The van der Waals surface area contributed by atoms with Crippen molar-refractivity contribution >= 4 is 17.5 Å². The van der Waals surface area contributed by atoms with E-state index in [1.807, 2.05) is 47.4 Å². The molecule has 2 atom stereocenters. The molecule has 0 spiro atoms. The average molecular weight is 408 g/mol. The fourth-order valence-electron chi connectivity index (χ4n) is 4.58. The second-order valence-corrected chi connectivity index (χ2v) is 7.94. The molecule has 2 heterocycles. The topological polar surface area (TPSA) is 67.9 Å². The molecule has 0 bridgehead atoms. The van der Waals surface area contributed by atoms with Gasteiger partial charge in [-0.2, -0.15) is 0 Å². The van der Waals surface area contributed by atoms with Crippen molar-refractivity contribution in [1.29, 1.82) is 0 Å². The molecule has 0 aliphatic carbocycles. The van der Waals surface area contributed by atoms with Crippen molar-refractivity contribution in [2.24, 2.45) is 5.92 Å². The third-order valence-corrected chi connectivity index (χ3v) is 6.19. The molecular weight excluding hydrogens is 380 g/mol. The lowest BCUT2D eigenvalue weighted by Gasteiger charge is -2.28. The van der Waals surface area contributed by atoms with Gasteiger partial charge in [-0.05, 0) is 55.5 Å². The minimum absolute atomic E-state index is 0.00827. The summed E-state index contributed by atoms with van der Waals surface area (Å²) in [5, 5.41) is 2.97. The van der Waals surface area contributed by atoms with Gasteiger partial charge in [0.05, 0.1) is 20.3 Å². The van der Waals surface area contributed by atoms with Crippen molar-refractivity contribution in [3.63, 3.8) is 0 Å². The molecule has 6 nitrogen and oxygen atoms in total. The number of nitrogens with zero attached hydrogens (tertiary/aromatic N) is 1. The van der Waals surface area contributed by atoms with E-state index in [-0.39, 0.29) is 23.8 Å². The molecule has 6 heteroatoms. The number of fused-ring (bicyclic) bond motifs is 1. The number of methoxy groups -OCH3 is 2. The lowest BCUT2D eigenvalue weighted by atomic mass is 9.89. The number of rotatable bonds is 6. The average Bonchev–Trinajstić information content (AvgIpc) is 3.27. The molecule has 158 valence electrons. The van der Waals surface area contributed by atoms with E-state index in [1.165, 1.54) is 0 Å². The van der Waals surface area contributed by atoms with Crippen LogP contribution in [0.4, 0.5) is 5.69 Å². The summed E-state index contributed by atoms with van der Waals surface area (Å²) in [6, 6.07) is 13.5. The summed E-state index contributed by atoms with van der Waals surface area (Å²) in [5.41, 5.74) is 3.00. The molecule has 0 radical (unpaired) electrons. The maximum absolute atomic E-state index is 13.1.